The number of hydrogen-bond donors (Lipinski definition) is 1. The van der Waals surface area contributed by atoms with Crippen LogP contribution >= 0.6 is 0 Å². The summed E-state index contributed by atoms with van der Waals surface area (Å²) < 4.78 is 45.2. The number of benzene rings is 2. The summed E-state index contributed by atoms with van der Waals surface area (Å²) in [7, 11) is 0. The number of rotatable bonds is 4. The second-order valence-corrected chi connectivity index (χ2v) is 4.33. The van der Waals surface area contributed by atoms with Crippen molar-refractivity contribution in [2.75, 3.05) is 0 Å². The van der Waals surface area contributed by atoms with Gasteiger partial charge in [-0.05, 0) is 25.1 Å². The third-order valence-electron chi connectivity index (χ3n) is 2.90. The standard InChI is InChI=1S/C15H12F3NO2/c1-9(19-20)12-6-5-11(16)7-14(12)21-8-10-3-2-4-13(17)15(10)18/h2-7,20H,8H2,1H3. The summed E-state index contributed by atoms with van der Waals surface area (Å²) >= 11 is 0. The first kappa shape index (κ1) is 14.9. The van der Waals surface area contributed by atoms with Crippen molar-refractivity contribution in [3.63, 3.8) is 0 Å². The van der Waals surface area contributed by atoms with E-state index in [0.717, 1.165) is 12.1 Å². The number of ether oxygens (including phenoxy) is 1. The molecular weight excluding hydrogens is 283 g/mol. The maximum absolute atomic E-state index is 13.5. The van der Waals surface area contributed by atoms with Gasteiger partial charge in [-0.25, -0.2) is 13.2 Å². The number of nitrogens with zero attached hydrogens (tertiary/aromatic N) is 1. The van der Waals surface area contributed by atoms with Crippen LogP contribution in [0.1, 0.15) is 18.1 Å². The van der Waals surface area contributed by atoms with Crippen LogP contribution in [-0.2, 0) is 6.61 Å². The lowest BCUT2D eigenvalue weighted by molar-refractivity contribution is 0.294. The quantitative estimate of drug-likeness (QED) is 0.528. The maximum Gasteiger partial charge on any atom is 0.165 e. The monoisotopic (exact) mass is 295 g/mol. The van der Waals surface area contributed by atoms with Crippen molar-refractivity contribution in [2.45, 2.75) is 13.5 Å². The van der Waals surface area contributed by atoms with Crippen LogP contribution in [-0.4, -0.2) is 10.9 Å². The molecule has 0 aliphatic carbocycles. The third kappa shape index (κ3) is 3.34. The molecule has 0 spiro atoms. The van der Waals surface area contributed by atoms with Gasteiger partial charge in [0.15, 0.2) is 11.6 Å². The van der Waals surface area contributed by atoms with E-state index in [0.29, 0.717) is 5.56 Å². The number of halogens is 3. The molecule has 110 valence electrons. The molecule has 0 unspecified atom stereocenters. The van der Waals surface area contributed by atoms with E-state index in [1.165, 1.54) is 31.2 Å². The molecule has 0 heterocycles. The maximum atomic E-state index is 13.5. The average molecular weight is 295 g/mol. The fraction of sp³-hybridized carbons (Fsp3) is 0.133. The Morgan fingerprint density at radius 2 is 1.95 bits per heavy atom. The second-order valence-electron chi connectivity index (χ2n) is 4.33. The zero-order chi connectivity index (χ0) is 15.4. The van der Waals surface area contributed by atoms with Gasteiger partial charge in [-0.2, -0.15) is 0 Å². The molecule has 0 bridgehead atoms. The molecule has 0 aliphatic heterocycles. The smallest absolute Gasteiger partial charge is 0.165 e. The molecule has 2 aromatic rings. The van der Waals surface area contributed by atoms with Crippen LogP contribution < -0.4 is 4.74 Å². The molecule has 3 nitrogen and oxygen atoms in total. The Labute approximate surface area is 119 Å². The SMILES string of the molecule is CC(=NO)c1ccc(F)cc1OCc1cccc(F)c1F. The van der Waals surface area contributed by atoms with Crippen molar-refractivity contribution < 1.29 is 23.1 Å². The Hall–Kier alpha value is -2.50. The molecule has 0 atom stereocenters. The summed E-state index contributed by atoms with van der Waals surface area (Å²) in [4.78, 5) is 0. The molecule has 0 fully saturated rings. The Morgan fingerprint density at radius 3 is 2.67 bits per heavy atom. The highest BCUT2D eigenvalue weighted by molar-refractivity contribution is 6.00. The van der Waals surface area contributed by atoms with Gasteiger partial charge in [-0.3, -0.25) is 0 Å². The van der Waals surface area contributed by atoms with E-state index >= 15 is 0 Å². The largest absolute Gasteiger partial charge is 0.488 e. The van der Waals surface area contributed by atoms with E-state index in [9.17, 15) is 13.2 Å². The zero-order valence-electron chi connectivity index (χ0n) is 11.1. The summed E-state index contributed by atoms with van der Waals surface area (Å²) in [5, 5.41) is 11.8. The molecule has 0 aliphatic rings. The van der Waals surface area contributed by atoms with E-state index in [1.54, 1.807) is 0 Å². The zero-order valence-corrected chi connectivity index (χ0v) is 11.1. The number of hydrogen-bond acceptors (Lipinski definition) is 3. The van der Waals surface area contributed by atoms with Crippen molar-refractivity contribution in [2.24, 2.45) is 5.16 Å². The highest BCUT2D eigenvalue weighted by Gasteiger charge is 2.12. The van der Waals surface area contributed by atoms with E-state index in [1.807, 2.05) is 0 Å². The molecule has 21 heavy (non-hydrogen) atoms. The van der Waals surface area contributed by atoms with Crippen LogP contribution in [0.2, 0.25) is 0 Å². The lowest BCUT2D eigenvalue weighted by Crippen LogP contribution is -2.05. The average Bonchev–Trinajstić information content (AvgIpc) is 2.48. The molecule has 6 heteroatoms. The molecule has 0 saturated carbocycles. The Balaban J connectivity index is 2.27. The highest BCUT2D eigenvalue weighted by atomic mass is 19.2. The van der Waals surface area contributed by atoms with E-state index < -0.39 is 17.5 Å². The Kier molecular flexibility index (Phi) is 4.47. The fourth-order valence-electron chi connectivity index (χ4n) is 1.78. The minimum atomic E-state index is -1.01. The van der Waals surface area contributed by atoms with Crippen LogP contribution in [0.25, 0.3) is 0 Å². The second kappa shape index (κ2) is 6.30. The normalized spacial score (nSPS) is 11.5. The van der Waals surface area contributed by atoms with Gasteiger partial charge in [0.1, 0.15) is 18.2 Å². The van der Waals surface area contributed by atoms with Crippen LogP contribution in [0.15, 0.2) is 41.6 Å². The van der Waals surface area contributed by atoms with E-state index in [2.05, 4.69) is 5.16 Å². The van der Waals surface area contributed by atoms with Crippen molar-refractivity contribution in [3.05, 3.63) is 65.0 Å². The number of oxime groups is 1. The van der Waals surface area contributed by atoms with Crippen LogP contribution in [0, 0.1) is 17.5 Å². The minimum Gasteiger partial charge on any atom is -0.488 e. The lowest BCUT2D eigenvalue weighted by atomic mass is 10.1. The molecule has 0 aromatic heterocycles. The lowest BCUT2D eigenvalue weighted by Gasteiger charge is -2.11. The van der Waals surface area contributed by atoms with Crippen LogP contribution in [0.3, 0.4) is 0 Å². The molecule has 0 amide bonds. The van der Waals surface area contributed by atoms with Gasteiger partial charge in [-0.15, -0.1) is 0 Å². The first-order valence-electron chi connectivity index (χ1n) is 6.07. The third-order valence-corrected chi connectivity index (χ3v) is 2.90. The van der Waals surface area contributed by atoms with Gasteiger partial charge < -0.3 is 9.94 Å². The van der Waals surface area contributed by atoms with Gasteiger partial charge >= 0.3 is 0 Å². The summed E-state index contributed by atoms with van der Waals surface area (Å²) in [6.07, 6.45) is 0. The van der Waals surface area contributed by atoms with E-state index in [4.69, 9.17) is 9.94 Å². The molecule has 0 saturated heterocycles. The van der Waals surface area contributed by atoms with Gasteiger partial charge in [-0.1, -0.05) is 17.3 Å². The highest BCUT2D eigenvalue weighted by Crippen LogP contribution is 2.23. The molecule has 2 aromatic carbocycles. The molecule has 2 rings (SSSR count). The van der Waals surface area contributed by atoms with E-state index in [-0.39, 0.29) is 23.6 Å². The van der Waals surface area contributed by atoms with Gasteiger partial charge in [0.05, 0.1) is 5.71 Å². The summed E-state index contributed by atoms with van der Waals surface area (Å²) in [5.41, 5.74) is 0.573. The first-order chi connectivity index (χ1) is 10.0. The topological polar surface area (TPSA) is 41.8 Å². The minimum absolute atomic E-state index is 0.00352. The summed E-state index contributed by atoms with van der Waals surface area (Å²) in [6.45, 7) is 1.22. The fourth-order valence-corrected chi connectivity index (χ4v) is 1.78. The van der Waals surface area contributed by atoms with Gasteiger partial charge in [0.2, 0.25) is 0 Å². The predicted octanol–water partition coefficient (Wildman–Crippen LogP) is 3.88. The Bertz CT molecular complexity index is 687. The predicted molar refractivity (Wildman–Crippen MR) is 71.1 cm³/mol. The van der Waals surface area contributed by atoms with Crippen molar-refractivity contribution in [1.82, 2.24) is 0 Å². The summed E-state index contributed by atoms with van der Waals surface area (Å²) in [5.74, 6) is -2.47. The van der Waals surface area contributed by atoms with Crippen molar-refractivity contribution >= 4 is 5.71 Å². The van der Waals surface area contributed by atoms with Crippen molar-refractivity contribution in [1.29, 1.82) is 0 Å². The molecule has 0 radical (unpaired) electrons. The van der Waals surface area contributed by atoms with Crippen LogP contribution in [0.5, 0.6) is 5.75 Å². The van der Waals surface area contributed by atoms with Gasteiger partial charge in [0, 0.05) is 17.2 Å². The Morgan fingerprint density at radius 1 is 1.19 bits per heavy atom. The van der Waals surface area contributed by atoms with Gasteiger partial charge in [0.25, 0.3) is 0 Å². The molecule has 1 N–H and O–H groups in total. The summed E-state index contributed by atoms with van der Waals surface area (Å²) in [6, 6.07) is 7.35. The van der Waals surface area contributed by atoms with Crippen molar-refractivity contribution in [3.8, 4) is 5.75 Å². The van der Waals surface area contributed by atoms with Crippen LogP contribution in [0.4, 0.5) is 13.2 Å². The molecular formula is C15H12F3NO2. The first-order valence-corrected chi connectivity index (χ1v) is 6.07.